The number of carbonyl (C=O) groups is 2. The van der Waals surface area contributed by atoms with Crippen molar-refractivity contribution in [2.45, 2.75) is 111 Å². The van der Waals surface area contributed by atoms with Crippen molar-refractivity contribution in [3.05, 3.63) is 53.6 Å². The second kappa shape index (κ2) is 14.2. The lowest BCUT2D eigenvalue weighted by molar-refractivity contribution is -0.119. The average Bonchev–Trinajstić information content (AvgIpc) is 3.51. The monoisotopic (exact) mass is 656 g/mol. The van der Waals surface area contributed by atoms with Crippen molar-refractivity contribution in [3.8, 4) is 11.1 Å². The lowest BCUT2D eigenvalue weighted by Crippen LogP contribution is -2.49. The minimum Gasteiger partial charge on any atom is -0.339 e. The van der Waals surface area contributed by atoms with Gasteiger partial charge >= 0.3 is 7.82 Å². The van der Waals surface area contributed by atoms with Crippen LogP contribution >= 0.6 is 7.82 Å². The standard InChI is InChI=1S/C33H49N6O6P/c1-22-28(23(2)39(37-22)21-43-46(42,44-32(3,4)5)45-33(6,7)8)24-15-17-26(18-16-24)35-31(41)29(25-13-11-10-12-14-25)36-30(40)27-19-20-34-38(27)9/h15-20,25,29H,10-14,21H2,1-9H3,(H,35,41)(H,36,40)/t29-/m0/s1. The van der Waals surface area contributed by atoms with Gasteiger partial charge in [0.2, 0.25) is 5.91 Å². The highest BCUT2D eigenvalue weighted by molar-refractivity contribution is 7.48. The summed E-state index contributed by atoms with van der Waals surface area (Å²) >= 11 is 0. The maximum atomic E-state index is 13.6. The normalized spacial score (nSPS) is 15.5. The van der Waals surface area contributed by atoms with Crippen molar-refractivity contribution >= 4 is 25.3 Å². The Bertz CT molecular complexity index is 1540. The number of amides is 2. The first kappa shape index (κ1) is 35.5. The van der Waals surface area contributed by atoms with Crippen LogP contribution in [0.4, 0.5) is 5.69 Å². The first-order valence-electron chi connectivity index (χ1n) is 15.8. The molecule has 0 aliphatic heterocycles. The molecule has 1 fully saturated rings. The van der Waals surface area contributed by atoms with Crippen LogP contribution in [-0.2, 0) is 36.7 Å². The van der Waals surface area contributed by atoms with Crippen LogP contribution in [0, 0.1) is 19.8 Å². The Labute approximate surface area is 272 Å². The van der Waals surface area contributed by atoms with Crippen molar-refractivity contribution in [3.63, 3.8) is 0 Å². The summed E-state index contributed by atoms with van der Waals surface area (Å²) in [6.07, 6.45) is 6.54. The summed E-state index contributed by atoms with van der Waals surface area (Å²) in [5.41, 5.74) is 2.88. The van der Waals surface area contributed by atoms with E-state index in [-0.39, 0.29) is 24.5 Å². The van der Waals surface area contributed by atoms with Crippen LogP contribution in [0.5, 0.6) is 0 Å². The number of aryl methyl sites for hydroxylation is 2. The van der Waals surface area contributed by atoms with Gasteiger partial charge in [-0.2, -0.15) is 10.2 Å². The zero-order chi connectivity index (χ0) is 33.9. The smallest absolute Gasteiger partial charge is 0.339 e. The minimum atomic E-state index is -3.92. The van der Waals surface area contributed by atoms with Gasteiger partial charge in [-0.3, -0.25) is 27.8 Å². The lowest BCUT2D eigenvalue weighted by Gasteiger charge is -2.30. The number of hydrogen-bond acceptors (Lipinski definition) is 8. The van der Waals surface area contributed by atoms with E-state index in [2.05, 4.69) is 20.8 Å². The number of nitrogens with zero attached hydrogens (tertiary/aromatic N) is 4. The van der Waals surface area contributed by atoms with Crippen molar-refractivity contribution in [2.75, 3.05) is 5.32 Å². The molecular formula is C33H49N6O6P. The molecule has 0 saturated heterocycles. The number of anilines is 1. The SMILES string of the molecule is Cc1nn(COP(=O)(OC(C)(C)C)OC(C)(C)C)c(C)c1-c1ccc(NC(=O)[C@@H](NC(=O)c2ccnn2C)C2CCCCC2)cc1. The fourth-order valence-electron chi connectivity index (χ4n) is 5.72. The molecule has 0 unspecified atom stereocenters. The minimum absolute atomic E-state index is 0.0569. The van der Waals surface area contributed by atoms with Gasteiger partial charge in [0.15, 0.2) is 6.73 Å². The van der Waals surface area contributed by atoms with Gasteiger partial charge in [-0.25, -0.2) is 9.25 Å². The summed E-state index contributed by atoms with van der Waals surface area (Å²) in [4.78, 5) is 26.6. The number of aromatic nitrogens is 4. The number of phosphoric ester groups is 1. The highest BCUT2D eigenvalue weighted by Gasteiger charge is 2.38. The van der Waals surface area contributed by atoms with Gasteiger partial charge in [0, 0.05) is 30.2 Å². The Kier molecular flexibility index (Phi) is 11.0. The van der Waals surface area contributed by atoms with E-state index in [0.717, 1.165) is 54.6 Å². The Morgan fingerprint density at radius 1 is 0.978 bits per heavy atom. The first-order valence-corrected chi connectivity index (χ1v) is 17.3. The number of rotatable bonds is 11. The molecule has 12 nitrogen and oxygen atoms in total. The second-order valence-electron chi connectivity index (χ2n) is 13.9. The van der Waals surface area contributed by atoms with Crippen LogP contribution < -0.4 is 10.6 Å². The molecule has 46 heavy (non-hydrogen) atoms. The number of phosphoric acid groups is 1. The summed E-state index contributed by atoms with van der Waals surface area (Å²) in [5, 5.41) is 14.7. The van der Waals surface area contributed by atoms with E-state index in [9.17, 15) is 14.2 Å². The molecule has 252 valence electrons. The van der Waals surface area contributed by atoms with E-state index in [1.807, 2.05) is 38.1 Å². The molecule has 0 radical (unpaired) electrons. The van der Waals surface area contributed by atoms with Gasteiger partial charge in [-0.15, -0.1) is 0 Å². The van der Waals surface area contributed by atoms with Crippen LogP contribution in [0.15, 0.2) is 36.5 Å². The number of benzene rings is 1. The molecule has 1 aliphatic rings. The van der Waals surface area contributed by atoms with Gasteiger partial charge in [0.1, 0.15) is 11.7 Å². The molecule has 1 aromatic carbocycles. The Morgan fingerprint density at radius 2 is 1.59 bits per heavy atom. The maximum absolute atomic E-state index is 13.6. The van der Waals surface area contributed by atoms with Gasteiger partial charge in [-0.05, 0) is 97.9 Å². The zero-order valence-electron chi connectivity index (χ0n) is 28.5. The molecule has 1 saturated carbocycles. The van der Waals surface area contributed by atoms with Crippen LogP contribution in [-0.4, -0.2) is 48.6 Å². The fourth-order valence-corrected chi connectivity index (χ4v) is 7.46. The molecule has 3 aromatic rings. The molecule has 1 aliphatic carbocycles. The van der Waals surface area contributed by atoms with Gasteiger partial charge in [0.25, 0.3) is 5.91 Å². The highest BCUT2D eigenvalue weighted by Crippen LogP contribution is 2.55. The van der Waals surface area contributed by atoms with E-state index in [0.29, 0.717) is 11.4 Å². The van der Waals surface area contributed by atoms with Crippen molar-refractivity contribution in [2.24, 2.45) is 13.0 Å². The van der Waals surface area contributed by atoms with Crippen molar-refractivity contribution in [1.82, 2.24) is 24.9 Å². The molecule has 4 rings (SSSR count). The van der Waals surface area contributed by atoms with E-state index in [1.54, 1.807) is 65.5 Å². The van der Waals surface area contributed by atoms with Crippen LogP contribution in [0.1, 0.15) is 95.5 Å². The van der Waals surface area contributed by atoms with Crippen LogP contribution in [0.3, 0.4) is 0 Å². The van der Waals surface area contributed by atoms with Gasteiger partial charge in [0.05, 0.1) is 16.9 Å². The summed E-state index contributed by atoms with van der Waals surface area (Å²) in [6, 6.07) is 8.48. The molecule has 2 aromatic heterocycles. The number of carbonyl (C=O) groups excluding carboxylic acids is 2. The third-order valence-electron chi connectivity index (χ3n) is 7.68. The van der Waals surface area contributed by atoms with Crippen LogP contribution in [0.2, 0.25) is 0 Å². The van der Waals surface area contributed by atoms with E-state index < -0.39 is 25.1 Å². The molecule has 2 heterocycles. The molecule has 13 heteroatoms. The quantitative estimate of drug-likeness (QED) is 0.212. The molecular weight excluding hydrogens is 607 g/mol. The summed E-state index contributed by atoms with van der Waals surface area (Å²) in [6.45, 7) is 14.4. The number of nitrogens with one attached hydrogen (secondary N) is 2. The van der Waals surface area contributed by atoms with Crippen LogP contribution in [0.25, 0.3) is 11.1 Å². The number of hydrogen-bond donors (Lipinski definition) is 2. The molecule has 1 atom stereocenters. The molecule has 2 amide bonds. The highest BCUT2D eigenvalue weighted by atomic mass is 31.2. The predicted molar refractivity (Wildman–Crippen MR) is 177 cm³/mol. The topological polar surface area (TPSA) is 139 Å². The maximum Gasteiger partial charge on any atom is 0.477 e. The molecule has 0 spiro atoms. The Balaban J connectivity index is 1.48. The summed E-state index contributed by atoms with van der Waals surface area (Å²) in [5.74, 6) is -0.507. The predicted octanol–water partition coefficient (Wildman–Crippen LogP) is 6.93. The fraction of sp³-hybridized carbons (Fsp3) is 0.576. The van der Waals surface area contributed by atoms with Gasteiger partial charge in [-0.1, -0.05) is 31.4 Å². The molecule has 2 N–H and O–H groups in total. The average molecular weight is 657 g/mol. The Morgan fingerprint density at radius 3 is 2.13 bits per heavy atom. The third kappa shape index (κ3) is 9.37. The largest absolute Gasteiger partial charge is 0.477 e. The second-order valence-corrected chi connectivity index (χ2v) is 15.4. The van der Waals surface area contributed by atoms with Crippen molar-refractivity contribution in [1.29, 1.82) is 0 Å². The van der Waals surface area contributed by atoms with E-state index in [4.69, 9.17) is 13.6 Å². The third-order valence-corrected chi connectivity index (χ3v) is 9.65. The Hall–Kier alpha value is -3.31. The summed E-state index contributed by atoms with van der Waals surface area (Å²) in [7, 11) is -2.22. The molecule has 0 bridgehead atoms. The summed E-state index contributed by atoms with van der Waals surface area (Å²) < 4.78 is 33.9. The zero-order valence-corrected chi connectivity index (χ0v) is 29.4. The van der Waals surface area contributed by atoms with E-state index in [1.165, 1.54) is 4.68 Å². The van der Waals surface area contributed by atoms with Crippen molar-refractivity contribution < 1.29 is 27.7 Å². The van der Waals surface area contributed by atoms with E-state index >= 15 is 0 Å². The van der Waals surface area contributed by atoms with Gasteiger partial charge < -0.3 is 10.6 Å². The lowest BCUT2D eigenvalue weighted by atomic mass is 9.83. The first-order chi connectivity index (χ1) is 21.4.